The van der Waals surface area contributed by atoms with Crippen LogP contribution in [0.4, 0.5) is 5.82 Å². The number of methoxy groups -OCH3 is 1. The molecule has 4 rings (SSSR count). The molecule has 15 nitrogen and oxygen atoms in total. The largest absolute Gasteiger partial charge is 0.479 e. The maximum absolute atomic E-state index is 11.9. The minimum absolute atomic E-state index is 0.0786. The molecule has 0 amide bonds. The zero-order valence-corrected chi connectivity index (χ0v) is 20.7. The molecule has 0 aromatic carbocycles. The molecular formula is C19H27ClN5O10P. The predicted molar refractivity (Wildman–Crippen MR) is 122 cm³/mol. The average molecular weight is 552 g/mol. The van der Waals surface area contributed by atoms with E-state index in [-0.39, 0.29) is 17.0 Å². The van der Waals surface area contributed by atoms with Crippen LogP contribution in [-0.4, -0.2) is 101 Å². The molecule has 1 saturated heterocycles. The number of aliphatic hydroxyl groups excluding tert-OH is 2. The summed E-state index contributed by atoms with van der Waals surface area (Å²) in [5.41, 5.74) is 0.211. The molecule has 5 atom stereocenters. The van der Waals surface area contributed by atoms with Gasteiger partial charge in [-0.05, 0) is 24.4 Å². The van der Waals surface area contributed by atoms with E-state index in [0.717, 1.165) is 32.8 Å². The number of aliphatic carboxylic acids is 1. The van der Waals surface area contributed by atoms with E-state index < -0.39 is 56.7 Å². The van der Waals surface area contributed by atoms with Gasteiger partial charge in [-0.1, -0.05) is 12.8 Å². The average Bonchev–Trinajstić information content (AvgIpc) is 3.52. The van der Waals surface area contributed by atoms with E-state index in [1.807, 2.05) is 0 Å². The minimum Gasteiger partial charge on any atom is -0.479 e. The van der Waals surface area contributed by atoms with Crippen LogP contribution < -0.4 is 5.32 Å². The number of rotatable bonds is 10. The maximum Gasteiger partial charge on any atom is 0.371 e. The van der Waals surface area contributed by atoms with Crippen molar-refractivity contribution in [2.24, 2.45) is 0 Å². The number of hydrogen-bond donors (Lipinski definition) is 6. The molecule has 0 radical (unpaired) electrons. The second kappa shape index (κ2) is 10.4. The Bertz CT molecular complexity index is 1160. The highest BCUT2D eigenvalue weighted by molar-refractivity contribution is 7.54. The molecule has 2 aromatic heterocycles. The summed E-state index contributed by atoms with van der Waals surface area (Å²) >= 11 is 6.12. The SMILES string of the molecule is COCC(OC[C@H]1O[C@@H](n2ncc3c(NC4CCCC4)nc(Cl)nc32)[C@H](O)[C@@H]1O)(C(=O)O)P(=O)(O)O. The van der Waals surface area contributed by atoms with Crippen molar-refractivity contribution in [3.05, 3.63) is 11.5 Å². The normalized spacial score (nSPS) is 26.9. The second-order valence-corrected chi connectivity index (χ2v) is 10.9. The zero-order chi connectivity index (χ0) is 26.3. The number of aliphatic hydroxyl groups is 2. The van der Waals surface area contributed by atoms with Crippen molar-refractivity contribution in [3.8, 4) is 0 Å². The molecule has 17 heteroatoms. The maximum atomic E-state index is 11.9. The first kappa shape index (κ1) is 27.1. The van der Waals surface area contributed by atoms with E-state index in [1.54, 1.807) is 0 Å². The highest BCUT2D eigenvalue weighted by atomic mass is 35.5. The Morgan fingerprint density at radius 3 is 2.61 bits per heavy atom. The first-order valence-corrected chi connectivity index (χ1v) is 13.1. The lowest BCUT2D eigenvalue weighted by Gasteiger charge is -2.30. The second-order valence-electron chi connectivity index (χ2n) is 8.72. The summed E-state index contributed by atoms with van der Waals surface area (Å²) in [6.45, 7) is -1.77. The Morgan fingerprint density at radius 2 is 2.00 bits per heavy atom. The molecule has 6 N–H and O–H groups in total. The monoisotopic (exact) mass is 551 g/mol. The summed E-state index contributed by atoms with van der Waals surface area (Å²) in [4.78, 5) is 39.4. The molecule has 0 bridgehead atoms. The van der Waals surface area contributed by atoms with Crippen LogP contribution >= 0.6 is 19.2 Å². The molecular weight excluding hydrogens is 525 g/mol. The lowest BCUT2D eigenvalue weighted by molar-refractivity contribution is -0.169. The molecule has 1 unspecified atom stereocenters. The molecule has 3 heterocycles. The summed E-state index contributed by atoms with van der Waals surface area (Å²) in [7, 11) is -4.35. The molecule has 1 aliphatic carbocycles. The third-order valence-electron chi connectivity index (χ3n) is 6.33. The molecule has 200 valence electrons. The van der Waals surface area contributed by atoms with Crippen molar-refractivity contribution in [2.75, 3.05) is 25.6 Å². The number of carboxylic acid groups (broad SMARTS) is 1. The summed E-state index contributed by atoms with van der Waals surface area (Å²) < 4.78 is 28.6. The van der Waals surface area contributed by atoms with Crippen LogP contribution in [0, 0.1) is 0 Å². The lowest BCUT2D eigenvalue weighted by atomic mass is 10.1. The van der Waals surface area contributed by atoms with Crippen LogP contribution in [0.5, 0.6) is 0 Å². The number of carbonyl (C=O) groups is 1. The van der Waals surface area contributed by atoms with Gasteiger partial charge in [0.05, 0.1) is 24.8 Å². The molecule has 1 saturated carbocycles. The van der Waals surface area contributed by atoms with E-state index >= 15 is 0 Å². The van der Waals surface area contributed by atoms with Crippen molar-refractivity contribution in [1.29, 1.82) is 0 Å². The molecule has 0 spiro atoms. The molecule has 36 heavy (non-hydrogen) atoms. The smallest absolute Gasteiger partial charge is 0.371 e. The topological polar surface area (TPSA) is 219 Å². The summed E-state index contributed by atoms with van der Waals surface area (Å²) in [5, 5.41) is 35.6. The molecule has 1 aliphatic heterocycles. The number of nitrogens with one attached hydrogen (secondary N) is 1. The van der Waals surface area contributed by atoms with Crippen LogP contribution in [0.2, 0.25) is 5.28 Å². The van der Waals surface area contributed by atoms with Crippen LogP contribution in [-0.2, 0) is 23.6 Å². The third-order valence-corrected chi connectivity index (χ3v) is 7.89. The zero-order valence-electron chi connectivity index (χ0n) is 19.1. The number of ether oxygens (including phenoxy) is 3. The first-order valence-electron chi connectivity index (χ1n) is 11.1. The van der Waals surface area contributed by atoms with Crippen molar-refractivity contribution in [3.63, 3.8) is 0 Å². The van der Waals surface area contributed by atoms with Crippen molar-refractivity contribution >= 4 is 42.0 Å². The van der Waals surface area contributed by atoms with Crippen molar-refractivity contribution in [1.82, 2.24) is 19.7 Å². The van der Waals surface area contributed by atoms with Gasteiger partial charge in [0.2, 0.25) is 5.28 Å². The lowest BCUT2D eigenvalue weighted by Crippen LogP contribution is -2.48. The Kier molecular flexibility index (Phi) is 7.86. The van der Waals surface area contributed by atoms with Gasteiger partial charge in [0, 0.05) is 13.2 Å². The number of halogens is 1. The van der Waals surface area contributed by atoms with Crippen molar-refractivity contribution < 1.29 is 48.7 Å². The van der Waals surface area contributed by atoms with Gasteiger partial charge in [-0.25, -0.2) is 9.48 Å². The fourth-order valence-corrected chi connectivity index (χ4v) is 5.36. The van der Waals surface area contributed by atoms with E-state index in [9.17, 15) is 34.5 Å². The quantitative estimate of drug-likeness (QED) is 0.170. The van der Waals surface area contributed by atoms with E-state index in [4.69, 9.17) is 21.1 Å². The standard InChI is InChI=1S/C19H27ClN5O10P/c1-33-8-19(17(28)29,36(30,31)32)34-7-11-12(26)13(27)16(35-11)25-15-10(6-21-25)14(23-18(20)24-15)22-9-4-2-3-5-9/h6,9,11-13,16,26-27H,2-5,7-8H2,1H3,(H,28,29)(H,22,23,24)(H2,30,31,32)/t11-,12-,13-,16-,19?/m1/s1. The summed E-state index contributed by atoms with van der Waals surface area (Å²) in [6.07, 6.45) is -0.261. The summed E-state index contributed by atoms with van der Waals surface area (Å²) in [6, 6.07) is 0.217. The molecule has 2 aromatic rings. The molecule has 2 aliphatic rings. The van der Waals surface area contributed by atoms with Gasteiger partial charge < -0.3 is 44.6 Å². The summed E-state index contributed by atoms with van der Waals surface area (Å²) in [5.74, 6) is -1.50. The number of anilines is 1. The number of carboxylic acids is 1. The van der Waals surface area contributed by atoms with Gasteiger partial charge in [0.25, 0.3) is 5.34 Å². The van der Waals surface area contributed by atoms with Crippen molar-refractivity contribution in [2.45, 2.75) is 61.6 Å². The van der Waals surface area contributed by atoms with Gasteiger partial charge >= 0.3 is 13.6 Å². The number of aromatic nitrogens is 4. The number of nitrogens with zero attached hydrogens (tertiary/aromatic N) is 4. The minimum atomic E-state index is -5.39. The van der Waals surface area contributed by atoms with Gasteiger partial charge in [-0.15, -0.1) is 0 Å². The number of hydrogen-bond acceptors (Lipinski definition) is 11. The highest BCUT2D eigenvalue weighted by Crippen LogP contribution is 2.52. The fraction of sp³-hybridized carbons (Fsp3) is 0.684. The number of fused-ring (bicyclic) bond motifs is 1. The predicted octanol–water partition coefficient (Wildman–Crippen LogP) is 0.0750. The fourth-order valence-electron chi connectivity index (χ4n) is 4.40. The van der Waals surface area contributed by atoms with Crippen LogP contribution in [0.3, 0.4) is 0 Å². The van der Waals surface area contributed by atoms with Crippen LogP contribution in [0.15, 0.2) is 6.20 Å². The van der Waals surface area contributed by atoms with E-state index in [1.165, 1.54) is 10.9 Å². The Balaban J connectivity index is 1.57. The van der Waals surface area contributed by atoms with Crippen LogP contribution in [0.1, 0.15) is 31.9 Å². The Morgan fingerprint density at radius 1 is 1.31 bits per heavy atom. The van der Waals surface area contributed by atoms with E-state index in [2.05, 4.69) is 25.1 Å². The van der Waals surface area contributed by atoms with Gasteiger partial charge in [-0.2, -0.15) is 15.1 Å². The third kappa shape index (κ3) is 4.95. The van der Waals surface area contributed by atoms with Gasteiger partial charge in [-0.3, -0.25) is 4.57 Å². The van der Waals surface area contributed by atoms with E-state index in [0.29, 0.717) is 11.2 Å². The molecule has 2 fully saturated rings. The first-order chi connectivity index (χ1) is 17.0. The van der Waals surface area contributed by atoms with Crippen LogP contribution in [0.25, 0.3) is 11.0 Å². The Hall–Kier alpha value is -1.94. The highest BCUT2D eigenvalue weighted by Gasteiger charge is 2.57. The van der Waals surface area contributed by atoms with Gasteiger partial charge in [0.1, 0.15) is 24.1 Å². The Labute approximate surface area is 209 Å². The van der Waals surface area contributed by atoms with Gasteiger partial charge in [0.15, 0.2) is 11.9 Å².